The zero-order valence-electron chi connectivity index (χ0n) is 9.71. The standard InChI is InChI=1S/C11H15F3N2O/c1-8(2)15-5-6-17-10-4-3-9(7-16-10)11(12,13)14/h3-4,7-8,15H,5-6H2,1-2H3. The van der Waals surface area contributed by atoms with Gasteiger partial charge in [-0.25, -0.2) is 4.98 Å². The smallest absolute Gasteiger partial charge is 0.417 e. The molecule has 0 aliphatic rings. The van der Waals surface area contributed by atoms with Gasteiger partial charge < -0.3 is 10.1 Å². The Hall–Kier alpha value is -1.30. The molecule has 0 saturated carbocycles. The summed E-state index contributed by atoms with van der Waals surface area (Å²) < 4.78 is 41.9. The van der Waals surface area contributed by atoms with Gasteiger partial charge in [0.2, 0.25) is 5.88 Å². The van der Waals surface area contributed by atoms with Crippen LogP contribution in [0.25, 0.3) is 0 Å². The maximum Gasteiger partial charge on any atom is 0.417 e. The Morgan fingerprint density at radius 1 is 1.35 bits per heavy atom. The van der Waals surface area contributed by atoms with Crippen molar-refractivity contribution >= 4 is 0 Å². The molecule has 0 saturated heterocycles. The van der Waals surface area contributed by atoms with E-state index in [4.69, 9.17) is 4.74 Å². The summed E-state index contributed by atoms with van der Waals surface area (Å²) in [5.74, 6) is 0.198. The molecule has 96 valence electrons. The van der Waals surface area contributed by atoms with E-state index >= 15 is 0 Å². The average Bonchev–Trinajstić information content (AvgIpc) is 2.23. The average molecular weight is 248 g/mol. The maximum absolute atomic E-state index is 12.2. The number of nitrogens with zero attached hydrogens (tertiary/aromatic N) is 1. The minimum atomic E-state index is -4.36. The number of pyridine rings is 1. The summed E-state index contributed by atoms with van der Waals surface area (Å²) in [6.07, 6.45) is -3.59. The lowest BCUT2D eigenvalue weighted by Crippen LogP contribution is -2.27. The molecule has 3 nitrogen and oxygen atoms in total. The van der Waals surface area contributed by atoms with Crippen LogP contribution in [0.2, 0.25) is 0 Å². The van der Waals surface area contributed by atoms with Crippen LogP contribution in [0, 0.1) is 0 Å². The Morgan fingerprint density at radius 2 is 2.06 bits per heavy atom. The van der Waals surface area contributed by atoms with E-state index in [1.807, 2.05) is 13.8 Å². The second-order valence-electron chi connectivity index (χ2n) is 3.84. The van der Waals surface area contributed by atoms with Crippen molar-refractivity contribution in [2.24, 2.45) is 0 Å². The lowest BCUT2D eigenvalue weighted by Gasteiger charge is -2.10. The van der Waals surface area contributed by atoms with E-state index in [0.29, 0.717) is 19.2 Å². The van der Waals surface area contributed by atoms with Crippen molar-refractivity contribution in [3.63, 3.8) is 0 Å². The molecule has 0 aromatic carbocycles. The fraction of sp³-hybridized carbons (Fsp3) is 0.545. The summed E-state index contributed by atoms with van der Waals surface area (Å²) in [7, 11) is 0. The van der Waals surface area contributed by atoms with Gasteiger partial charge in [-0.1, -0.05) is 13.8 Å². The number of aromatic nitrogens is 1. The van der Waals surface area contributed by atoms with Gasteiger partial charge in [-0.3, -0.25) is 0 Å². The van der Waals surface area contributed by atoms with E-state index in [0.717, 1.165) is 12.3 Å². The van der Waals surface area contributed by atoms with Gasteiger partial charge in [-0.05, 0) is 6.07 Å². The molecule has 0 unspecified atom stereocenters. The number of rotatable bonds is 5. The fourth-order valence-corrected chi connectivity index (χ4v) is 1.14. The minimum Gasteiger partial charge on any atom is -0.476 e. The van der Waals surface area contributed by atoms with Crippen molar-refractivity contribution in [1.82, 2.24) is 10.3 Å². The van der Waals surface area contributed by atoms with Gasteiger partial charge in [-0.15, -0.1) is 0 Å². The number of nitrogens with one attached hydrogen (secondary N) is 1. The SMILES string of the molecule is CC(C)NCCOc1ccc(C(F)(F)F)cn1. The molecule has 0 bridgehead atoms. The van der Waals surface area contributed by atoms with Crippen LogP contribution in [-0.4, -0.2) is 24.2 Å². The Balaban J connectivity index is 2.41. The number of halogens is 3. The lowest BCUT2D eigenvalue weighted by atomic mass is 10.3. The van der Waals surface area contributed by atoms with Crippen molar-refractivity contribution < 1.29 is 17.9 Å². The number of hydrogen-bond acceptors (Lipinski definition) is 3. The quantitative estimate of drug-likeness (QED) is 0.813. The van der Waals surface area contributed by atoms with Crippen molar-refractivity contribution in [3.05, 3.63) is 23.9 Å². The topological polar surface area (TPSA) is 34.1 Å². The molecule has 0 atom stereocenters. The predicted molar refractivity (Wildman–Crippen MR) is 57.9 cm³/mol. The largest absolute Gasteiger partial charge is 0.476 e. The van der Waals surface area contributed by atoms with E-state index in [1.165, 1.54) is 6.07 Å². The minimum absolute atomic E-state index is 0.198. The van der Waals surface area contributed by atoms with Crippen LogP contribution in [0.1, 0.15) is 19.4 Å². The third kappa shape index (κ3) is 5.04. The normalized spacial score (nSPS) is 11.9. The van der Waals surface area contributed by atoms with Crippen LogP contribution >= 0.6 is 0 Å². The van der Waals surface area contributed by atoms with E-state index in [-0.39, 0.29) is 5.88 Å². The van der Waals surface area contributed by atoms with Crippen LogP contribution < -0.4 is 10.1 Å². The molecule has 17 heavy (non-hydrogen) atoms. The Labute approximate surface area is 98.0 Å². The highest BCUT2D eigenvalue weighted by molar-refractivity contribution is 5.20. The number of ether oxygens (including phenoxy) is 1. The van der Waals surface area contributed by atoms with Crippen LogP contribution in [0.15, 0.2) is 18.3 Å². The van der Waals surface area contributed by atoms with Crippen LogP contribution in [0.3, 0.4) is 0 Å². The molecular weight excluding hydrogens is 233 g/mol. The summed E-state index contributed by atoms with van der Waals surface area (Å²) in [5.41, 5.74) is -0.773. The summed E-state index contributed by atoms with van der Waals surface area (Å²) in [4.78, 5) is 3.59. The summed E-state index contributed by atoms with van der Waals surface area (Å²) in [6, 6.07) is 2.52. The highest BCUT2D eigenvalue weighted by Crippen LogP contribution is 2.29. The van der Waals surface area contributed by atoms with Crippen molar-refractivity contribution in [1.29, 1.82) is 0 Å². The van der Waals surface area contributed by atoms with Gasteiger partial charge in [0, 0.05) is 24.8 Å². The zero-order chi connectivity index (χ0) is 12.9. The van der Waals surface area contributed by atoms with Gasteiger partial charge in [0.1, 0.15) is 6.61 Å². The second kappa shape index (κ2) is 5.86. The third-order valence-electron chi connectivity index (χ3n) is 1.97. The van der Waals surface area contributed by atoms with Crippen LogP contribution in [-0.2, 0) is 6.18 Å². The van der Waals surface area contributed by atoms with Gasteiger partial charge in [0.05, 0.1) is 5.56 Å². The first-order chi connectivity index (χ1) is 7.89. The molecule has 0 aliphatic carbocycles. The molecule has 0 aliphatic heterocycles. The highest BCUT2D eigenvalue weighted by Gasteiger charge is 2.30. The van der Waals surface area contributed by atoms with Gasteiger partial charge in [0.25, 0.3) is 0 Å². The van der Waals surface area contributed by atoms with E-state index in [1.54, 1.807) is 0 Å². The number of alkyl halides is 3. The lowest BCUT2D eigenvalue weighted by molar-refractivity contribution is -0.137. The molecule has 1 rings (SSSR count). The zero-order valence-corrected chi connectivity index (χ0v) is 9.71. The Bertz CT molecular complexity index is 336. The predicted octanol–water partition coefficient (Wildman–Crippen LogP) is 2.48. The van der Waals surface area contributed by atoms with Crippen molar-refractivity contribution in [2.75, 3.05) is 13.2 Å². The van der Waals surface area contributed by atoms with Crippen molar-refractivity contribution in [3.8, 4) is 5.88 Å². The Kier molecular flexibility index (Phi) is 4.74. The molecule has 0 amide bonds. The van der Waals surface area contributed by atoms with Crippen molar-refractivity contribution in [2.45, 2.75) is 26.1 Å². The van der Waals surface area contributed by atoms with Crippen LogP contribution in [0.4, 0.5) is 13.2 Å². The summed E-state index contributed by atoms with van der Waals surface area (Å²) in [6.45, 7) is 4.99. The second-order valence-corrected chi connectivity index (χ2v) is 3.84. The van der Waals surface area contributed by atoms with Gasteiger partial charge in [-0.2, -0.15) is 13.2 Å². The van der Waals surface area contributed by atoms with E-state index in [9.17, 15) is 13.2 Å². The molecule has 1 aromatic heterocycles. The highest BCUT2D eigenvalue weighted by atomic mass is 19.4. The fourth-order valence-electron chi connectivity index (χ4n) is 1.14. The molecular formula is C11H15F3N2O. The van der Waals surface area contributed by atoms with Gasteiger partial charge >= 0.3 is 6.18 Å². The molecule has 0 radical (unpaired) electrons. The summed E-state index contributed by atoms with van der Waals surface area (Å²) >= 11 is 0. The molecule has 1 aromatic rings. The molecule has 1 heterocycles. The first-order valence-corrected chi connectivity index (χ1v) is 5.29. The Morgan fingerprint density at radius 3 is 2.53 bits per heavy atom. The molecule has 1 N–H and O–H groups in total. The molecule has 6 heteroatoms. The molecule has 0 spiro atoms. The number of hydrogen-bond donors (Lipinski definition) is 1. The van der Waals surface area contributed by atoms with E-state index in [2.05, 4.69) is 10.3 Å². The maximum atomic E-state index is 12.2. The van der Waals surface area contributed by atoms with E-state index < -0.39 is 11.7 Å². The monoisotopic (exact) mass is 248 g/mol. The summed E-state index contributed by atoms with van der Waals surface area (Å²) in [5, 5.41) is 3.12. The first-order valence-electron chi connectivity index (χ1n) is 5.29. The first kappa shape index (κ1) is 13.8. The van der Waals surface area contributed by atoms with Crippen LogP contribution in [0.5, 0.6) is 5.88 Å². The van der Waals surface area contributed by atoms with Gasteiger partial charge in [0.15, 0.2) is 0 Å². The molecule has 0 fully saturated rings. The third-order valence-corrected chi connectivity index (χ3v) is 1.97.